The molecule has 0 fully saturated rings. The number of halogens is 1. The molecule has 0 atom stereocenters. The Hall–Kier alpha value is -1.38. The van der Waals surface area contributed by atoms with Gasteiger partial charge in [-0.15, -0.1) is 0 Å². The second-order valence-corrected chi connectivity index (χ2v) is 3.97. The van der Waals surface area contributed by atoms with E-state index in [1.165, 1.54) is 0 Å². The van der Waals surface area contributed by atoms with Crippen LogP contribution in [0.3, 0.4) is 0 Å². The molecule has 0 saturated carbocycles. The Morgan fingerprint density at radius 2 is 1.93 bits per heavy atom. The first kappa shape index (κ1) is 9.19. The minimum atomic E-state index is -4.39. The van der Waals surface area contributed by atoms with Crippen molar-refractivity contribution in [3.63, 3.8) is 0 Å². The fraction of sp³-hybridized carbons (Fsp3) is 0. The Bertz CT molecular complexity index is 487. The van der Waals surface area contributed by atoms with Gasteiger partial charge in [0.05, 0.1) is 0 Å². The summed E-state index contributed by atoms with van der Waals surface area (Å²) in [7, 11) is -4.39. The maximum Gasteiger partial charge on any atom is 0.296 e. The van der Waals surface area contributed by atoms with E-state index in [9.17, 15) is 12.8 Å². The van der Waals surface area contributed by atoms with E-state index in [0.717, 1.165) is 12.1 Å². The zero-order chi connectivity index (χ0) is 10.3. The van der Waals surface area contributed by atoms with Crippen LogP contribution >= 0.6 is 0 Å². The molecule has 1 aromatic carbocycles. The van der Waals surface area contributed by atoms with Crippen molar-refractivity contribution in [2.45, 2.75) is 4.90 Å². The lowest BCUT2D eigenvalue weighted by Crippen LogP contribution is -2.02. The molecular weight excluding hydrogens is 215 g/mol. The van der Waals surface area contributed by atoms with Crippen LogP contribution in [0.2, 0.25) is 0 Å². The molecular formula is C6H5FN2O4S. The predicted molar refractivity (Wildman–Crippen MR) is 44.5 cm³/mol. The summed E-state index contributed by atoms with van der Waals surface area (Å²) in [4.78, 5) is 3.97. The zero-order valence-electron chi connectivity index (χ0n) is 6.61. The van der Waals surface area contributed by atoms with Gasteiger partial charge in [0, 0.05) is 0 Å². The molecule has 0 spiro atoms. The Balaban J connectivity index is 2.72. The van der Waals surface area contributed by atoms with Gasteiger partial charge in [-0.2, -0.15) is 13.4 Å². The topological polar surface area (TPSA) is 87.7 Å². The van der Waals surface area contributed by atoms with Crippen LogP contribution in [0.1, 0.15) is 0 Å². The molecule has 0 saturated heterocycles. The van der Waals surface area contributed by atoms with E-state index in [1.807, 2.05) is 0 Å². The van der Waals surface area contributed by atoms with E-state index in [2.05, 4.69) is 15.9 Å². The summed E-state index contributed by atoms with van der Waals surface area (Å²) in [6.07, 6.45) is 0. The molecule has 1 aromatic rings. The molecule has 0 aliphatic carbocycles. The van der Waals surface area contributed by atoms with Crippen molar-refractivity contribution in [1.29, 1.82) is 0 Å². The number of fused-ring (bicyclic) bond motifs is 1. The standard InChI is InChI=1S/C6H5FN2O4S/c7-3-1-2-4(14(10,11)12)6-5(3)8-13-9-6/h1-2,8-9H,(H,10,11,12). The highest BCUT2D eigenvalue weighted by Crippen LogP contribution is 2.35. The largest absolute Gasteiger partial charge is 0.296 e. The summed E-state index contributed by atoms with van der Waals surface area (Å²) in [6.45, 7) is 0. The van der Waals surface area contributed by atoms with Gasteiger partial charge in [-0.05, 0) is 12.1 Å². The molecule has 3 N–H and O–H groups in total. The van der Waals surface area contributed by atoms with Crippen molar-refractivity contribution in [2.24, 2.45) is 0 Å². The highest BCUT2D eigenvalue weighted by molar-refractivity contribution is 7.86. The lowest BCUT2D eigenvalue weighted by Gasteiger charge is -2.02. The second kappa shape index (κ2) is 2.80. The normalized spacial score (nSPS) is 14.4. The lowest BCUT2D eigenvalue weighted by molar-refractivity contribution is 0.280. The summed E-state index contributed by atoms with van der Waals surface area (Å²) < 4.78 is 43.4. The van der Waals surface area contributed by atoms with Crippen LogP contribution in [-0.2, 0) is 15.1 Å². The number of nitrogens with one attached hydrogen (secondary N) is 2. The fourth-order valence-electron chi connectivity index (χ4n) is 1.10. The smallest absolute Gasteiger partial charge is 0.282 e. The summed E-state index contributed by atoms with van der Waals surface area (Å²) >= 11 is 0. The van der Waals surface area contributed by atoms with Crippen LogP contribution in [0.25, 0.3) is 0 Å². The molecule has 14 heavy (non-hydrogen) atoms. The molecule has 0 aromatic heterocycles. The Labute approximate surface area is 78.3 Å². The van der Waals surface area contributed by atoms with Crippen LogP contribution in [0.5, 0.6) is 0 Å². The molecule has 0 amide bonds. The van der Waals surface area contributed by atoms with Gasteiger partial charge in [0.15, 0.2) is 5.82 Å². The van der Waals surface area contributed by atoms with Gasteiger partial charge in [0.25, 0.3) is 10.1 Å². The van der Waals surface area contributed by atoms with Crippen LogP contribution in [0, 0.1) is 5.82 Å². The molecule has 1 heterocycles. The van der Waals surface area contributed by atoms with Gasteiger partial charge in [0.2, 0.25) is 0 Å². The van der Waals surface area contributed by atoms with Crippen LogP contribution in [0.4, 0.5) is 15.8 Å². The van der Waals surface area contributed by atoms with E-state index in [-0.39, 0.29) is 11.4 Å². The third-order valence-corrected chi connectivity index (χ3v) is 2.60. The maximum absolute atomic E-state index is 13.0. The summed E-state index contributed by atoms with van der Waals surface area (Å²) in [6, 6.07) is 1.85. The molecule has 76 valence electrons. The molecule has 1 aliphatic heterocycles. The average molecular weight is 220 g/mol. The Morgan fingerprint density at radius 1 is 1.29 bits per heavy atom. The summed E-state index contributed by atoms with van der Waals surface area (Å²) in [5, 5.41) is 0. The minimum Gasteiger partial charge on any atom is -0.282 e. The summed E-state index contributed by atoms with van der Waals surface area (Å²) in [5.41, 5.74) is 3.95. The van der Waals surface area contributed by atoms with Crippen LogP contribution < -0.4 is 11.0 Å². The van der Waals surface area contributed by atoms with Crippen molar-refractivity contribution in [2.75, 3.05) is 11.0 Å². The van der Waals surface area contributed by atoms with Crippen molar-refractivity contribution < 1.29 is 22.3 Å². The molecule has 1 aliphatic rings. The zero-order valence-corrected chi connectivity index (χ0v) is 7.43. The van der Waals surface area contributed by atoms with Gasteiger partial charge in [-0.25, -0.2) is 15.4 Å². The maximum atomic E-state index is 13.0. The number of anilines is 2. The Kier molecular flexibility index (Phi) is 1.84. The molecule has 0 radical (unpaired) electrons. The second-order valence-electron chi connectivity index (χ2n) is 2.58. The van der Waals surface area contributed by atoms with E-state index in [4.69, 9.17) is 4.55 Å². The first-order valence-electron chi connectivity index (χ1n) is 3.48. The third kappa shape index (κ3) is 1.29. The lowest BCUT2D eigenvalue weighted by atomic mass is 10.2. The number of hydrogen-bond acceptors (Lipinski definition) is 5. The number of rotatable bonds is 1. The van der Waals surface area contributed by atoms with Gasteiger partial charge >= 0.3 is 0 Å². The van der Waals surface area contributed by atoms with Gasteiger partial charge < -0.3 is 0 Å². The van der Waals surface area contributed by atoms with Gasteiger partial charge in [0.1, 0.15) is 16.3 Å². The van der Waals surface area contributed by atoms with Crippen molar-refractivity contribution in [1.82, 2.24) is 0 Å². The first-order chi connectivity index (χ1) is 6.50. The van der Waals surface area contributed by atoms with E-state index in [0.29, 0.717) is 0 Å². The molecule has 0 bridgehead atoms. The van der Waals surface area contributed by atoms with Gasteiger partial charge in [-0.3, -0.25) is 4.55 Å². The molecule has 2 rings (SSSR count). The first-order valence-corrected chi connectivity index (χ1v) is 4.92. The molecule has 8 heteroatoms. The monoisotopic (exact) mass is 220 g/mol. The van der Waals surface area contributed by atoms with E-state index in [1.54, 1.807) is 0 Å². The van der Waals surface area contributed by atoms with E-state index >= 15 is 0 Å². The highest BCUT2D eigenvalue weighted by Gasteiger charge is 2.25. The third-order valence-electron chi connectivity index (χ3n) is 1.70. The fourth-order valence-corrected chi connectivity index (χ4v) is 1.74. The summed E-state index contributed by atoms with van der Waals surface area (Å²) in [5.74, 6) is -0.683. The highest BCUT2D eigenvalue weighted by atomic mass is 32.2. The van der Waals surface area contributed by atoms with Crippen molar-refractivity contribution in [3.8, 4) is 0 Å². The number of hydrogen-bond donors (Lipinski definition) is 3. The van der Waals surface area contributed by atoms with Crippen molar-refractivity contribution >= 4 is 21.5 Å². The minimum absolute atomic E-state index is 0.146. The quantitative estimate of drug-likeness (QED) is 0.605. The van der Waals surface area contributed by atoms with Crippen LogP contribution in [0.15, 0.2) is 17.0 Å². The Morgan fingerprint density at radius 3 is 2.57 bits per heavy atom. The average Bonchev–Trinajstić information content (AvgIpc) is 2.50. The predicted octanol–water partition coefficient (Wildman–Crippen LogP) is 0.756. The van der Waals surface area contributed by atoms with E-state index < -0.39 is 20.8 Å². The van der Waals surface area contributed by atoms with Crippen LogP contribution in [-0.4, -0.2) is 13.0 Å². The van der Waals surface area contributed by atoms with Gasteiger partial charge in [-0.1, -0.05) is 0 Å². The molecule has 6 nitrogen and oxygen atoms in total. The SMILES string of the molecule is O=S(=O)(O)c1ccc(F)c2c1NON2. The van der Waals surface area contributed by atoms with Crippen molar-refractivity contribution in [3.05, 3.63) is 17.9 Å². The number of benzene rings is 1. The molecule has 0 unspecified atom stereocenters.